The van der Waals surface area contributed by atoms with Crippen LogP contribution in [0.1, 0.15) is 25.8 Å². The van der Waals surface area contributed by atoms with Crippen LogP contribution in [-0.4, -0.2) is 48.2 Å². The number of phenols is 1. The van der Waals surface area contributed by atoms with Crippen molar-refractivity contribution in [1.29, 1.82) is 0 Å². The van der Waals surface area contributed by atoms with Crippen LogP contribution in [0.2, 0.25) is 0 Å². The molecule has 4 N–H and O–H groups in total. The average molecular weight is 402 g/mol. The summed E-state index contributed by atoms with van der Waals surface area (Å²) in [5.41, 5.74) is 1.30. The SMILES string of the molecule is COC(=O)Nc1cccc(OCC(O)CNC(C)(C)CCc2ccccc2)c1O. The highest BCUT2D eigenvalue weighted by atomic mass is 16.5. The summed E-state index contributed by atoms with van der Waals surface area (Å²) < 4.78 is 10.0. The van der Waals surface area contributed by atoms with Gasteiger partial charge in [-0.15, -0.1) is 0 Å². The van der Waals surface area contributed by atoms with Crippen LogP contribution < -0.4 is 15.4 Å². The van der Waals surface area contributed by atoms with E-state index in [2.05, 4.69) is 41.4 Å². The number of aliphatic hydroxyl groups excluding tert-OH is 1. The lowest BCUT2D eigenvalue weighted by molar-refractivity contribution is 0.0968. The molecule has 0 aliphatic heterocycles. The van der Waals surface area contributed by atoms with Crippen molar-refractivity contribution < 1.29 is 24.5 Å². The second-order valence-electron chi connectivity index (χ2n) is 7.48. The summed E-state index contributed by atoms with van der Waals surface area (Å²) >= 11 is 0. The molecular weight excluding hydrogens is 372 g/mol. The molecule has 0 aliphatic carbocycles. The van der Waals surface area contributed by atoms with E-state index in [4.69, 9.17) is 4.74 Å². The first-order valence-electron chi connectivity index (χ1n) is 9.57. The summed E-state index contributed by atoms with van der Waals surface area (Å²) in [6.07, 6.45) is 0.413. The fourth-order valence-electron chi connectivity index (χ4n) is 2.73. The van der Waals surface area contributed by atoms with Crippen LogP contribution in [0.5, 0.6) is 11.5 Å². The van der Waals surface area contributed by atoms with Crippen LogP contribution >= 0.6 is 0 Å². The third kappa shape index (κ3) is 7.63. The third-order valence-electron chi connectivity index (χ3n) is 4.55. The number of carbonyl (C=O) groups excluding carboxylic acids is 1. The van der Waals surface area contributed by atoms with Gasteiger partial charge in [0.1, 0.15) is 12.7 Å². The molecule has 1 atom stereocenters. The van der Waals surface area contributed by atoms with E-state index in [1.54, 1.807) is 12.1 Å². The third-order valence-corrected chi connectivity index (χ3v) is 4.55. The van der Waals surface area contributed by atoms with Crippen molar-refractivity contribution in [3.05, 3.63) is 54.1 Å². The molecule has 1 unspecified atom stereocenters. The topological polar surface area (TPSA) is 100 Å². The fourth-order valence-corrected chi connectivity index (χ4v) is 2.73. The van der Waals surface area contributed by atoms with Crippen molar-refractivity contribution in [2.45, 2.75) is 38.3 Å². The first-order chi connectivity index (χ1) is 13.8. The standard InChI is InChI=1S/C22H30N2O5/c1-22(2,13-12-16-8-5-4-6-9-16)23-14-17(25)15-29-19-11-7-10-18(20(19)26)24-21(27)28-3/h4-11,17,23,25-26H,12-15H2,1-3H3,(H,24,27). The molecule has 7 heteroatoms. The Balaban J connectivity index is 1.79. The second-order valence-corrected chi connectivity index (χ2v) is 7.48. The highest BCUT2D eigenvalue weighted by molar-refractivity contribution is 5.87. The van der Waals surface area contributed by atoms with Gasteiger partial charge in [0.25, 0.3) is 0 Å². The fraction of sp³-hybridized carbons (Fsp3) is 0.409. The lowest BCUT2D eigenvalue weighted by Crippen LogP contribution is -2.45. The summed E-state index contributed by atoms with van der Waals surface area (Å²) in [6, 6.07) is 15.0. The number of β-amino-alcohol motifs (C(OH)–C–C–N with tert-alkyl or cyclic N) is 1. The number of nitrogens with one attached hydrogen (secondary N) is 2. The van der Waals surface area contributed by atoms with Crippen molar-refractivity contribution in [3.63, 3.8) is 0 Å². The molecule has 0 fully saturated rings. The minimum absolute atomic E-state index is 0.00297. The molecule has 0 spiro atoms. The number of para-hydroxylation sites is 1. The number of rotatable bonds is 10. The Morgan fingerprint density at radius 2 is 1.86 bits per heavy atom. The van der Waals surface area contributed by atoms with Gasteiger partial charge < -0.3 is 25.0 Å². The molecule has 0 aromatic heterocycles. The van der Waals surface area contributed by atoms with Crippen LogP contribution in [-0.2, 0) is 11.2 Å². The number of hydrogen-bond acceptors (Lipinski definition) is 6. The molecule has 7 nitrogen and oxygen atoms in total. The lowest BCUT2D eigenvalue weighted by Gasteiger charge is -2.28. The summed E-state index contributed by atoms with van der Waals surface area (Å²) in [5.74, 6) is -0.0532. The van der Waals surface area contributed by atoms with Gasteiger partial charge in [0, 0.05) is 12.1 Å². The van der Waals surface area contributed by atoms with Gasteiger partial charge in [0.15, 0.2) is 11.5 Å². The van der Waals surface area contributed by atoms with Crippen molar-refractivity contribution in [1.82, 2.24) is 5.32 Å². The van der Waals surface area contributed by atoms with Gasteiger partial charge in [-0.25, -0.2) is 4.79 Å². The maximum atomic E-state index is 11.3. The number of benzene rings is 2. The van der Waals surface area contributed by atoms with Crippen LogP contribution in [0.25, 0.3) is 0 Å². The largest absolute Gasteiger partial charge is 0.503 e. The normalized spacial score (nSPS) is 12.3. The van der Waals surface area contributed by atoms with E-state index < -0.39 is 12.2 Å². The van der Waals surface area contributed by atoms with Crippen molar-refractivity contribution in [2.24, 2.45) is 0 Å². The van der Waals surface area contributed by atoms with Crippen LogP contribution in [0.3, 0.4) is 0 Å². The van der Waals surface area contributed by atoms with E-state index in [1.165, 1.54) is 18.7 Å². The van der Waals surface area contributed by atoms with Crippen LogP contribution in [0.4, 0.5) is 10.5 Å². The van der Waals surface area contributed by atoms with E-state index in [-0.39, 0.29) is 29.3 Å². The Hall–Kier alpha value is -2.77. The monoisotopic (exact) mass is 402 g/mol. The van der Waals surface area contributed by atoms with Gasteiger partial charge >= 0.3 is 6.09 Å². The summed E-state index contributed by atoms with van der Waals surface area (Å²) in [7, 11) is 1.23. The molecule has 0 bridgehead atoms. The summed E-state index contributed by atoms with van der Waals surface area (Å²) in [5, 5.41) is 26.2. The first-order valence-corrected chi connectivity index (χ1v) is 9.57. The van der Waals surface area contributed by atoms with Gasteiger partial charge in [0.2, 0.25) is 0 Å². The zero-order valence-electron chi connectivity index (χ0n) is 17.1. The Bertz CT molecular complexity index is 780. The Labute approximate surface area is 171 Å². The number of amides is 1. The van der Waals surface area contributed by atoms with Crippen molar-refractivity contribution in [3.8, 4) is 11.5 Å². The number of hydrogen-bond donors (Lipinski definition) is 4. The molecule has 2 aromatic carbocycles. The number of aryl methyl sites for hydroxylation is 1. The first kappa shape index (κ1) is 22.5. The van der Waals surface area contributed by atoms with Gasteiger partial charge in [-0.3, -0.25) is 5.32 Å². The van der Waals surface area contributed by atoms with Crippen LogP contribution in [0.15, 0.2) is 48.5 Å². The molecule has 0 heterocycles. The quantitative estimate of drug-likeness (QED) is 0.455. The van der Waals surface area contributed by atoms with E-state index in [0.29, 0.717) is 6.54 Å². The minimum atomic E-state index is -0.761. The van der Waals surface area contributed by atoms with Crippen molar-refractivity contribution >= 4 is 11.8 Å². The maximum Gasteiger partial charge on any atom is 0.411 e. The highest BCUT2D eigenvalue weighted by Gasteiger charge is 2.19. The molecule has 29 heavy (non-hydrogen) atoms. The van der Waals surface area contributed by atoms with Crippen LogP contribution in [0, 0.1) is 0 Å². The number of anilines is 1. The Morgan fingerprint density at radius 3 is 2.55 bits per heavy atom. The van der Waals surface area contributed by atoms with E-state index >= 15 is 0 Å². The number of methoxy groups -OCH3 is 1. The Kier molecular flexibility index (Phi) is 8.30. The molecule has 158 valence electrons. The van der Waals surface area contributed by atoms with Gasteiger partial charge in [-0.05, 0) is 44.4 Å². The molecule has 2 aromatic rings. The number of carbonyl (C=O) groups is 1. The number of aromatic hydroxyl groups is 1. The zero-order chi connectivity index (χ0) is 21.3. The molecule has 0 aliphatic rings. The summed E-state index contributed by atoms with van der Waals surface area (Å²) in [4.78, 5) is 11.3. The minimum Gasteiger partial charge on any atom is -0.503 e. The predicted octanol–water partition coefficient (Wildman–Crippen LogP) is 3.31. The average Bonchev–Trinajstić information content (AvgIpc) is 2.72. The number of aliphatic hydroxyl groups is 1. The van der Waals surface area contributed by atoms with E-state index in [1.807, 2.05) is 18.2 Å². The molecule has 2 rings (SSSR count). The van der Waals surface area contributed by atoms with E-state index in [9.17, 15) is 15.0 Å². The molecule has 1 amide bonds. The maximum absolute atomic E-state index is 11.3. The second kappa shape index (κ2) is 10.7. The molecule has 0 saturated heterocycles. The molecule has 0 saturated carbocycles. The van der Waals surface area contributed by atoms with Gasteiger partial charge in [-0.2, -0.15) is 0 Å². The number of ether oxygens (including phenoxy) is 2. The number of phenolic OH excluding ortho intramolecular Hbond substituents is 1. The van der Waals surface area contributed by atoms with Crippen molar-refractivity contribution in [2.75, 3.05) is 25.6 Å². The Morgan fingerprint density at radius 1 is 1.14 bits per heavy atom. The molecular formula is C22H30N2O5. The van der Waals surface area contributed by atoms with E-state index in [0.717, 1.165) is 12.8 Å². The highest BCUT2D eigenvalue weighted by Crippen LogP contribution is 2.33. The zero-order valence-corrected chi connectivity index (χ0v) is 17.1. The smallest absolute Gasteiger partial charge is 0.411 e. The summed E-state index contributed by atoms with van der Waals surface area (Å²) in [6.45, 7) is 4.54. The lowest BCUT2D eigenvalue weighted by atomic mass is 9.95. The molecule has 0 radical (unpaired) electrons. The van der Waals surface area contributed by atoms with Gasteiger partial charge in [0.05, 0.1) is 12.8 Å². The van der Waals surface area contributed by atoms with Gasteiger partial charge in [-0.1, -0.05) is 36.4 Å². The predicted molar refractivity (Wildman–Crippen MR) is 112 cm³/mol.